The molecule has 2 aromatic heterocycles. The van der Waals surface area contributed by atoms with Crippen LogP contribution in [-0.2, 0) is 14.8 Å². The molecule has 1 saturated heterocycles. The van der Waals surface area contributed by atoms with E-state index in [0.29, 0.717) is 48.2 Å². The van der Waals surface area contributed by atoms with Crippen LogP contribution in [0.3, 0.4) is 0 Å². The highest BCUT2D eigenvalue weighted by Crippen LogP contribution is 2.32. The van der Waals surface area contributed by atoms with Crippen LogP contribution in [-0.4, -0.2) is 67.2 Å². The maximum Gasteiger partial charge on any atom is 0.224 e. The predicted octanol–water partition coefficient (Wildman–Crippen LogP) is 3.25. The van der Waals surface area contributed by atoms with E-state index in [1.54, 1.807) is 36.7 Å². The van der Waals surface area contributed by atoms with Gasteiger partial charge in [0, 0.05) is 57.9 Å². The number of sulfonamides is 1. The molecular formula is C26H27ClN6O4S. The Morgan fingerprint density at radius 1 is 1.11 bits per heavy atom. The van der Waals surface area contributed by atoms with Crippen molar-refractivity contribution in [1.29, 1.82) is 0 Å². The zero-order valence-electron chi connectivity index (χ0n) is 20.4. The maximum atomic E-state index is 13.8. The highest BCUT2D eigenvalue weighted by molar-refractivity contribution is 7.89. The lowest BCUT2D eigenvalue weighted by Crippen LogP contribution is -2.48. The summed E-state index contributed by atoms with van der Waals surface area (Å²) in [5, 5.41) is 6.52. The van der Waals surface area contributed by atoms with Gasteiger partial charge < -0.3 is 10.1 Å². The van der Waals surface area contributed by atoms with Crippen molar-refractivity contribution in [2.45, 2.75) is 12.5 Å². The first-order valence-electron chi connectivity index (χ1n) is 12.1. The summed E-state index contributed by atoms with van der Waals surface area (Å²) in [4.78, 5) is 26.7. The lowest BCUT2D eigenvalue weighted by atomic mass is 9.98. The van der Waals surface area contributed by atoms with Gasteiger partial charge in [-0.25, -0.2) is 13.4 Å². The summed E-state index contributed by atoms with van der Waals surface area (Å²) in [6.07, 6.45) is 3.57. The fraction of sp³-hybridized carbons (Fsp3) is 0.269. The number of carbonyl (C=O) groups excluding carboxylic acids is 1. The van der Waals surface area contributed by atoms with Crippen molar-refractivity contribution >= 4 is 60.6 Å². The Hall–Kier alpha value is -3.19. The molecule has 0 spiro atoms. The predicted molar refractivity (Wildman–Crippen MR) is 148 cm³/mol. The largest absolute Gasteiger partial charge is 0.379 e. The minimum Gasteiger partial charge on any atom is -0.379 e. The first-order valence-corrected chi connectivity index (χ1v) is 14.1. The van der Waals surface area contributed by atoms with E-state index in [2.05, 4.69) is 10.3 Å². The van der Waals surface area contributed by atoms with E-state index >= 15 is 0 Å². The number of ketones is 1. The second-order valence-corrected chi connectivity index (χ2v) is 11.3. The number of nitrogens with one attached hydrogen (secondary N) is 2. The second-order valence-electron chi connectivity index (χ2n) is 9.00. The SMILES string of the molecule is NNS(=O)(=O)CCC(C(=O)c1ccc2c(c1)nc(Nc1cccc(Cl)c1)c1ccncc12)N1CCOCC1. The monoisotopic (exact) mass is 554 g/mol. The van der Waals surface area contributed by atoms with Crippen LogP contribution in [0.25, 0.3) is 21.7 Å². The Labute approximate surface area is 225 Å². The van der Waals surface area contributed by atoms with Gasteiger partial charge in [0.1, 0.15) is 5.82 Å². The van der Waals surface area contributed by atoms with Gasteiger partial charge in [0.25, 0.3) is 0 Å². The molecular weight excluding hydrogens is 528 g/mol. The summed E-state index contributed by atoms with van der Waals surface area (Å²) >= 11 is 6.17. The Morgan fingerprint density at radius 3 is 2.68 bits per heavy atom. The van der Waals surface area contributed by atoms with Crippen molar-refractivity contribution in [3.05, 3.63) is 71.5 Å². The molecule has 38 heavy (non-hydrogen) atoms. The first kappa shape index (κ1) is 26.4. The molecule has 1 unspecified atom stereocenters. The molecule has 4 aromatic rings. The quantitative estimate of drug-likeness (QED) is 0.123. The average molecular weight is 555 g/mol. The summed E-state index contributed by atoms with van der Waals surface area (Å²) in [6, 6.07) is 13.9. The molecule has 3 heterocycles. The molecule has 0 aliphatic carbocycles. The molecule has 1 aliphatic heterocycles. The molecule has 2 aromatic carbocycles. The number of Topliss-reactive ketones (excluding diaryl/α,β-unsaturated/α-hetero) is 1. The van der Waals surface area contributed by atoms with E-state index in [1.807, 2.05) is 34.0 Å². The lowest BCUT2D eigenvalue weighted by molar-refractivity contribution is 0.0171. The smallest absolute Gasteiger partial charge is 0.224 e. The number of ether oxygens (including phenoxy) is 1. The molecule has 10 nitrogen and oxygen atoms in total. The molecule has 1 fully saturated rings. The molecule has 4 N–H and O–H groups in total. The molecule has 0 amide bonds. The lowest BCUT2D eigenvalue weighted by Gasteiger charge is -2.33. The number of hydrazine groups is 1. The number of halogens is 1. The van der Waals surface area contributed by atoms with Crippen molar-refractivity contribution in [3.63, 3.8) is 0 Å². The van der Waals surface area contributed by atoms with Gasteiger partial charge in [-0.3, -0.25) is 20.5 Å². The number of pyridine rings is 2. The third-order valence-corrected chi connectivity index (χ3v) is 7.96. The third kappa shape index (κ3) is 5.78. The van der Waals surface area contributed by atoms with Crippen LogP contribution in [0, 0.1) is 0 Å². The highest BCUT2D eigenvalue weighted by atomic mass is 35.5. The summed E-state index contributed by atoms with van der Waals surface area (Å²) in [5.74, 6) is 5.31. The summed E-state index contributed by atoms with van der Waals surface area (Å²) in [7, 11) is -3.69. The fourth-order valence-electron chi connectivity index (χ4n) is 4.69. The maximum absolute atomic E-state index is 13.8. The van der Waals surface area contributed by atoms with Gasteiger partial charge in [0.05, 0.1) is 30.5 Å². The van der Waals surface area contributed by atoms with Gasteiger partial charge in [0.2, 0.25) is 10.0 Å². The third-order valence-electron chi connectivity index (χ3n) is 6.60. The first-order chi connectivity index (χ1) is 18.3. The second kappa shape index (κ2) is 11.3. The number of morpholine rings is 1. The topological polar surface area (TPSA) is 140 Å². The van der Waals surface area contributed by atoms with E-state index in [1.165, 1.54) is 0 Å². The van der Waals surface area contributed by atoms with Crippen LogP contribution in [0.4, 0.5) is 11.5 Å². The summed E-state index contributed by atoms with van der Waals surface area (Å²) in [5.41, 5.74) is 1.83. The molecule has 198 valence electrons. The van der Waals surface area contributed by atoms with Crippen LogP contribution < -0.4 is 16.0 Å². The van der Waals surface area contributed by atoms with Crippen molar-refractivity contribution in [2.24, 2.45) is 5.84 Å². The average Bonchev–Trinajstić information content (AvgIpc) is 2.93. The number of fused-ring (bicyclic) bond motifs is 3. The number of hydrogen-bond acceptors (Lipinski definition) is 9. The molecule has 1 atom stereocenters. The number of anilines is 2. The minimum absolute atomic E-state index is 0.0973. The van der Waals surface area contributed by atoms with Gasteiger partial charge in [-0.1, -0.05) is 29.8 Å². The van der Waals surface area contributed by atoms with Gasteiger partial charge in [0.15, 0.2) is 5.78 Å². The van der Waals surface area contributed by atoms with E-state index < -0.39 is 16.1 Å². The van der Waals surface area contributed by atoms with Crippen molar-refractivity contribution in [3.8, 4) is 0 Å². The van der Waals surface area contributed by atoms with Crippen LogP contribution in [0.2, 0.25) is 5.02 Å². The summed E-state index contributed by atoms with van der Waals surface area (Å²) < 4.78 is 29.5. The van der Waals surface area contributed by atoms with Crippen LogP contribution in [0.5, 0.6) is 0 Å². The summed E-state index contributed by atoms with van der Waals surface area (Å²) in [6.45, 7) is 2.01. The van der Waals surface area contributed by atoms with Crippen molar-refractivity contribution in [2.75, 3.05) is 37.4 Å². The van der Waals surface area contributed by atoms with Gasteiger partial charge in [-0.15, -0.1) is 0 Å². The fourth-order valence-corrected chi connectivity index (χ4v) is 5.53. The van der Waals surface area contributed by atoms with Crippen LogP contribution in [0.1, 0.15) is 16.8 Å². The molecule has 12 heteroatoms. The van der Waals surface area contributed by atoms with E-state index in [9.17, 15) is 13.2 Å². The minimum atomic E-state index is -3.69. The van der Waals surface area contributed by atoms with Crippen molar-refractivity contribution in [1.82, 2.24) is 19.7 Å². The molecule has 0 radical (unpaired) electrons. The number of nitrogens with zero attached hydrogens (tertiary/aromatic N) is 3. The zero-order chi connectivity index (χ0) is 26.7. The number of hydrogen-bond donors (Lipinski definition) is 3. The van der Waals surface area contributed by atoms with Gasteiger partial charge >= 0.3 is 0 Å². The number of nitrogens with two attached hydrogens (primary N) is 1. The molecule has 0 saturated carbocycles. The standard InChI is InChI=1S/C26H27ClN6O4S/c27-18-2-1-3-19(15-18)30-26-21-6-8-29-16-22(21)20-5-4-17(14-23(20)31-26)25(34)24(7-13-38(35,36)32-28)33-9-11-37-12-10-33/h1-6,8,14-16,24,32H,7,9-13,28H2,(H,30,31). The Balaban J connectivity index is 1.54. The molecule has 5 rings (SSSR count). The van der Waals surface area contributed by atoms with Gasteiger partial charge in [-0.05, 0) is 36.8 Å². The molecule has 0 bridgehead atoms. The number of carbonyl (C=O) groups is 1. The Bertz CT molecular complexity index is 1590. The van der Waals surface area contributed by atoms with E-state index in [0.717, 1.165) is 21.8 Å². The number of aromatic nitrogens is 2. The zero-order valence-corrected chi connectivity index (χ0v) is 22.0. The van der Waals surface area contributed by atoms with E-state index in [4.69, 9.17) is 27.2 Å². The van der Waals surface area contributed by atoms with Crippen molar-refractivity contribution < 1.29 is 17.9 Å². The Kier molecular flexibility index (Phi) is 7.84. The Morgan fingerprint density at radius 2 is 1.92 bits per heavy atom. The van der Waals surface area contributed by atoms with Crippen LogP contribution in [0.15, 0.2) is 60.9 Å². The number of rotatable bonds is 9. The van der Waals surface area contributed by atoms with Gasteiger partial charge in [-0.2, -0.15) is 4.83 Å². The highest BCUT2D eigenvalue weighted by Gasteiger charge is 2.30. The number of benzene rings is 2. The van der Waals surface area contributed by atoms with E-state index in [-0.39, 0.29) is 18.0 Å². The molecule has 1 aliphatic rings. The normalized spacial score (nSPS) is 15.5. The van der Waals surface area contributed by atoms with Crippen LogP contribution >= 0.6 is 11.6 Å².